The topological polar surface area (TPSA) is 148 Å². The third-order valence-corrected chi connectivity index (χ3v) is 1.69. The van der Waals surface area contributed by atoms with Gasteiger partial charge in [0.05, 0.1) is 4.92 Å². The molecule has 0 aromatic carbocycles. The fourth-order valence-corrected chi connectivity index (χ4v) is 1.02. The molecule has 1 heterocycles. The summed E-state index contributed by atoms with van der Waals surface area (Å²) in [7, 11) is 0. The molecule has 15 heavy (non-hydrogen) atoms. The molecule has 1 aliphatic rings. The fourth-order valence-electron chi connectivity index (χ4n) is 1.02. The average Bonchev–Trinajstić information content (AvgIpc) is 2.16. The first-order chi connectivity index (χ1) is 6.93. The lowest BCUT2D eigenvalue weighted by Crippen LogP contribution is -2.64. The first kappa shape index (κ1) is 10.8. The molecule has 0 saturated carbocycles. The monoisotopic (exact) mass is 222 g/mol. The number of hydrogen-bond donors (Lipinski definition) is 1. The molecule has 0 radical (unpaired) electrons. The molecule has 12 heteroatoms. The number of nitrogens with zero attached hydrogens (tertiary/aromatic N) is 5. The van der Waals surface area contributed by atoms with Crippen LogP contribution in [0.1, 0.15) is 0 Å². The summed E-state index contributed by atoms with van der Waals surface area (Å²) in [6, 6.07) is 0. The summed E-state index contributed by atoms with van der Waals surface area (Å²) in [5.41, 5.74) is 0. The largest absolute Gasteiger partial charge is 0.398 e. The van der Waals surface area contributed by atoms with E-state index in [1.165, 1.54) is 0 Å². The third kappa shape index (κ3) is 2.16. The lowest BCUT2D eigenvalue weighted by Gasteiger charge is -2.26. The van der Waals surface area contributed by atoms with Gasteiger partial charge in [0.15, 0.2) is 10.1 Å². The molecule has 1 rings (SSSR count). The zero-order valence-corrected chi connectivity index (χ0v) is 7.18. The van der Waals surface area contributed by atoms with Crippen LogP contribution in [0.2, 0.25) is 0 Å². The molecule has 1 aliphatic heterocycles. The lowest BCUT2D eigenvalue weighted by atomic mass is 10.6. The lowest BCUT2D eigenvalue weighted by molar-refractivity contribution is -0.773. The van der Waals surface area contributed by atoms with Gasteiger partial charge in [0, 0.05) is 0 Å². The molecular formula is C3H6N6O6. The predicted octanol–water partition coefficient (Wildman–Crippen LogP) is -1.95. The molecule has 1 unspecified atom stereocenters. The highest BCUT2D eigenvalue weighted by atomic mass is 16.7. The smallest absolute Gasteiger partial charge is 0.261 e. The quantitative estimate of drug-likeness (QED) is 0.424. The van der Waals surface area contributed by atoms with Gasteiger partial charge >= 0.3 is 6.29 Å². The minimum atomic E-state index is -1.75. The summed E-state index contributed by atoms with van der Waals surface area (Å²) in [4.78, 5) is 30.1. The Bertz CT molecular complexity index is 305. The first-order valence-corrected chi connectivity index (χ1v) is 3.60. The molecule has 12 nitrogen and oxygen atoms in total. The minimum absolute atomic E-state index is 0.131. The Balaban J connectivity index is 2.78. The van der Waals surface area contributed by atoms with E-state index in [4.69, 9.17) is 0 Å². The summed E-state index contributed by atoms with van der Waals surface area (Å²) in [5, 5.41) is 31.7. The second-order valence-electron chi connectivity index (χ2n) is 2.58. The van der Waals surface area contributed by atoms with Crippen molar-refractivity contribution in [2.75, 3.05) is 13.3 Å². The van der Waals surface area contributed by atoms with Crippen LogP contribution in [-0.2, 0) is 0 Å². The van der Waals surface area contributed by atoms with Crippen LogP contribution < -0.4 is 5.32 Å². The first-order valence-electron chi connectivity index (χ1n) is 3.60. The van der Waals surface area contributed by atoms with Gasteiger partial charge in [-0.25, -0.2) is 25.5 Å². The van der Waals surface area contributed by atoms with E-state index in [0.29, 0.717) is 5.01 Å². The molecule has 84 valence electrons. The van der Waals surface area contributed by atoms with Crippen LogP contribution in [0.25, 0.3) is 0 Å². The van der Waals surface area contributed by atoms with Gasteiger partial charge in [0.2, 0.25) is 6.67 Å². The standard InChI is InChI=1S/C3H6N6O6/c10-7(11)3-4-1-5(8(12)13)2-6(3)9(14)15/h3-4H,1-2H2. The van der Waals surface area contributed by atoms with Crippen LogP contribution in [0.3, 0.4) is 0 Å². The Morgan fingerprint density at radius 2 is 1.73 bits per heavy atom. The second-order valence-corrected chi connectivity index (χ2v) is 2.58. The van der Waals surface area contributed by atoms with Gasteiger partial charge in [-0.05, 0) is 5.01 Å². The summed E-state index contributed by atoms with van der Waals surface area (Å²) in [6.45, 7) is -1.18. The van der Waals surface area contributed by atoms with Crippen molar-refractivity contribution in [2.24, 2.45) is 0 Å². The van der Waals surface area contributed by atoms with Gasteiger partial charge in [0.25, 0.3) is 0 Å². The van der Waals surface area contributed by atoms with Gasteiger partial charge in [-0.2, -0.15) is 0 Å². The van der Waals surface area contributed by atoms with E-state index in [1.54, 1.807) is 0 Å². The second kappa shape index (κ2) is 3.87. The van der Waals surface area contributed by atoms with E-state index in [2.05, 4.69) is 5.32 Å². The van der Waals surface area contributed by atoms with Crippen molar-refractivity contribution in [3.8, 4) is 0 Å². The van der Waals surface area contributed by atoms with Crippen molar-refractivity contribution in [2.45, 2.75) is 6.29 Å². The molecule has 0 spiro atoms. The van der Waals surface area contributed by atoms with Crippen LogP contribution in [0, 0.1) is 30.3 Å². The molecule has 0 amide bonds. The molecule has 1 saturated heterocycles. The van der Waals surface area contributed by atoms with Crippen LogP contribution in [0.4, 0.5) is 0 Å². The zero-order chi connectivity index (χ0) is 11.6. The number of hydrazine groups is 2. The van der Waals surface area contributed by atoms with E-state index in [9.17, 15) is 30.3 Å². The van der Waals surface area contributed by atoms with Crippen LogP contribution in [0.15, 0.2) is 0 Å². The van der Waals surface area contributed by atoms with Gasteiger partial charge in [0.1, 0.15) is 6.67 Å². The third-order valence-electron chi connectivity index (χ3n) is 1.69. The maximum absolute atomic E-state index is 10.4. The van der Waals surface area contributed by atoms with Crippen LogP contribution in [0.5, 0.6) is 0 Å². The molecule has 0 aromatic rings. The van der Waals surface area contributed by atoms with E-state index in [0.717, 1.165) is 0 Å². The molecule has 1 fully saturated rings. The van der Waals surface area contributed by atoms with Gasteiger partial charge in [-0.3, -0.25) is 10.1 Å². The van der Waals surface area contributed by atoms with Gasteiger partial charge in [-0.1, -0.05) is 5.01 Å². The van der Waals surface area contributed by atoms with Gasteiger partial charge in [-0.15, -0.1) is 0 Å². The highest BCUT2D eigenvalue weighted by Crippen LogP contribution is 2.06. The Labute approximate surface area is 81.4 Å². The Hall–Kier alpha value is -2.24. The Kier molecular flexibility index (Phi) is 2.80. The van der Waals surface area contributed by atoms with E-state index < -0.39 is 34.6 Å². The maximum atomic E-state index is 10.4. The van der Waals surface area contributed by atoms with Gasteiger partial charge < -0.3 is 0 Å². The van der Waals surface area contributed by atoms with Crippen molar-refractivity contribution in [3.63, 3.8) is 0 Å². The summed E-state index contributed by atoms with van der Waals surface area (Å²) in [6.07, 6.45) is -1.75. The van der Waals surface area contributed by atoms with E-state index in [1.807, 2.05) is 0 Å². The number of hydrogen-bond acceptors (Lipinski definition) is 7. The molecule has 1 atom stereocenters. The number of rotatable bonds is 3. The Morgan fingerprint density at radius 3 is 2.13 bits per heavy atom. The Morgan fingerprint density at radius 1 is 1.13 bits per heavy atom. The van der Waals surface area contributed by atoms with E-state index in [-0.39, 0.29) is 5.01 Å². The zero-order valence-electron chi connectivity index (χ0n) is 7.18. The van der Waals surface area contributed by atoms with Crippen LogP contribution in [-0.4, -0.2) is 44.6 Å². The van der Waals surface area contributed by atoms with Crippen molar-refractivity contribution in [1.29, 1.82) is 0 Å². The van der Waals surface area contributed by atoms with Crippen molar-refractivity contribution < 1.29 is 15.0 Å². The van der Waals surface area contributed by atoms with Crippen molar-refractivity contribution in [3.05, 3.63) is 30.3 Å². The fraction of sp³-hybridized carbons (Fsp3) is 1.00. The molecular weight excluding hydrogens is 216 g/mol. The molecule has 0 aromatic heterocycles. The molecule has 0 aliphatic carbocycles. The molecule has 1 N–H and O–H groups in total. The highest BCUT2D eigenvalue weighted by molar-refractivity contribution is 4.56. The maximum Gasteiger partial charge on any atom is 0.398 e. The minimum Gasteiger partial charge on any atom is -0.261 e. The highest BCUT2D eigenvalue weighted by Gasteiger charge is 2.44. The number of nitrogens with one attached hydrogen (secondary N) is 1. The SMILES string of the molecule is O=[N+]([O-])C1NCN([N+](=O)[O-])CN1[N+](=O)[O-]. The summed E-state index contributed by atoms with van der Waals surface area (Å²) in [5.74, 6) is 0. The van der Waals surface area contributed by atoms with Crippen molar-refractivity contribution >= 4 is 0 Å². The molecule has 0 bridgehead atoms. The van der Waals surface area contributed by atoms with E-state index >= 15 is 0 Å². The summed E-state index contributed by atoms with van der Waals surface area (Å²) < 4.78 is 0. The van der Waals surface area contributed by atoms with Crippen molar-refractivity contribution in [1.82, 2.24) is 15.3 Å². The van der Waals surface area contributed by atoms with Crippen LogP contribution >= 0.6 is 0 Å². The normalized spacial score (nSPS) is 21.2. The number of nitro groups is 3. The predicted molar refractivity (Wildman–Crippen MR) is 41.3 cm³/mol. The average molecular weight is 222 g/mol. The summed E-state index contributed by atoms with van der Waals surface area (Å²) >= 11 is 0.